The van der Waals surface area contributed by atoms with E-state index in [0.29, 0.717) is 23.3 Å². The van der Waals surface area contributed by atoms with Gasteiger partial charge in [0.05, 0.1) is 0 Å². The minimum atomic E-state index is -0.653. The number of carbonyl (C=O) groups excluding carboxylic acids is 2. The van der Waals surface area contributed by atoms with Crippen LogP contribution in [0.5, 0.6) is 0 Å². The van der Waals surface area contributed by atoms with Crippen molar-refractivity contribution in [1.29, 1.82) is 0 Å². The van der Waals surface area contributed by atoms with Crippen LogP contribution in [0, 0.1) is 17.8 Å². The summed E-state index contributed by atoms with van der Waals surface area (Å²) in [5.74, 6) is 1.06. The van der Waals surface area contributed by atoms with Gasteiger partial charge in [-0.2, -0.15) is 0 Å². The van der Waals surface area contributed by atoms with E-state index in [0.717, 1.165) is 12.8 Å². The van der Waals surface area contributed by atoms with Crippen LogP contribution in [-0.4, -0.2) is 31.4 Å². The molecule has 2 rings (SSSR count). The molecule has 0 bridgehead atoms. The summed E-state index contributed by atoms with van der Waals surface area (Å²) in [7, 11) is 0. The first-order valence-corrected chi connectivity index (χ1v) is 7.65. The summed E-state index contributed by atoms with van der Waals surface area (Å²) in [5, 5.41) is 0. The lowest BCUT2D eigenvalue weighted by Gasteiger charge is -2.36. The predicted octanol–water partition coefficient (Wildman–Crippen LogP) is 3.08. The molecule has 21 heavy (non-hydrogen) atoms. The largest absolute Gasteiger partial charge is 0.508 e. The Labute approximate surface area is 125 Å². The van der Waals surface area contributed by atoms with E-state index in [2.05, 4.69) is 20.8 Å². The number of cyclic esters (lactones) is 1. The van der Waals surface area contributed by atoms with Gasteiger partial charge in [-0.3, -0.25) is 0 Å². The van der Waals surface area contributed by atoms with Gasteiger partial charge in [-0.15, -0.1) is 0 Å². The van der Waals surface area contributed by atoms with Crippen LogP contribution >= 0.6 is 0 Å². The standard InChI is InChI=1S/C16H24O5/c1-10(2)13-5-4-11(3)6-14(13)21-16(18)20-9-12-7-15(17)19-8-12/h7,10-11,13-14H,4-6,8-9H2,1-3H3/t11-,13+,14-/m0/s1. The smallest absolute Gasteiger partial charge is 0.458 e. The van der Waals surface area contributed by atoms with E-state index < -0.39 is 6.16 Å². The molecular weight excluding hydrogens is 272 g/mol. The SMILES string of the molecule is CC(C)[C@H]1CC[C@H](C)C[C@@H]1OC(=O)OCC1=CC(=O)OC1. The van der Waals surface area contributed by atoms with Crippen LogP contribution in [-0.2, 0) is 19.0 Å². The molecule has 0 radical (unpaired) electrons. The molecule has 1 heterocycles. The van der Waals surface area contributed by atoms with E-state index in [1.807, 2.05) is 0 Å². The fourth-order valence-electron chi connectivity index (χ4n) is 3.06. The summed E-state index contributed by atoms with van der Waals surface area (Å²) in [6.07, 6.45) is 3.79. The molecule has 0 saturated heterocycles. The first kappa shape index (κ1) is 15.9. The molecule has 0 aromatic carbocycles. The fraction of sp³-hybridized carbons (Fsp3) is 0.750. The Bertz CT molecular complexity index is 426. The predicted molar refractivity (Wildman–Crippen MR) is 76.6 cm³/mol. The van der Waals surface area contributed by atoms with Crippen LogP contribution in [0.3, 0.4) is 0 Å². The minimum absolute atomic E-state index is 0.0548. The zero-order valence-electron chi connectivity index (χ0n) is 13.0. The average molecular weight is 296 g/mol. The zero-order chi connectivity index (χ0) is 15.4. The van der Waals surface area contributed by atoms with E-state index in [-0.39, 0.29) is 25.3 Å². The van der Waals surface area contributed by atoms with E-state index in [4.69, 9.17) is 14.2 Å². The molecule has 0 aromatic heterocycles. The Morgan fingerprint density at radius 1 is 1.43 bits per heavy atom. The molecule has 1 saturated carbocycles. The van der Waals surface area contributed by atoms with Gasteiger partial charge < -0.3 is 14.2 Å². The quantitative estimate of drug-likeness (QED) is 0.746. The van der Waals surface area contributed by atoms with E-state index in [9.17, 15) is 9.59 Å². The Kier molecular flexibility index (Phi) is 5.26. The minimum Gasteiger partial charge on any atom is -0.458 e. The molecule has 5 nitrogen and oxygen atoms in total. The molecule has 118 valence electrons. The van der Waals surface area contributed by atoms with Gasteiger partial charge in [0.15, 0.2) is 0 Å². The third kappa shape index (κ3) is 4.48. The molecule has 3 atom stereocenters. The normalized spacial score (nSPS) is 29.0. The van der Waals surface area contributed by atoms with E-state index in [1.54, 1.807) is 0 Å². The third-order valence-corrected chi connectivity index (χ3v) is 4.31. The van der Waals surface area contributed by atoms with Crippen LogP contribution in [0.1, 0.15) is 40.0 Å². The fourth-order valence-corrected chi connectivity index (χ4v) is 3.06. The Balaban J connectivity index is 1.82. The molecule has 2 aliphatic rings. The van der Waals surface area contributed by atoms with Gasteiger partial charge in [0.2, 0.25) is 0 Å². The van der Waals surface area contributed by atoms with Gasteiger partial charge >= 0.3 is 12.1 Å². The maximum absolute atomic E-state index is 11.8. The molecule has 0 spiro atoms. The summed E-state index contributed by atoms with van der Waals surface area (Å²) in [4.78, 5) is 22.7. The summed E-state index contributed by atoms with van der Waals surface area (Å²) in [5.41, 5.74) is 0.661. The van der Waals surface area contributed by atoms with Crippen molar-refractivity contribution in [2.45, 2.75) is 46.1 Å². The van der Waals surface area contributed by atoms with Gasteiger partial charge in [-0.25, -0.2) is 9.59 Å². The lowest BCUT2D eigenvalue weighted by molar-refractivity contribution is -0.134. The molecule has 0 N–H and O–H groups in total. The molecule has 5 heteroatoms. The summed E-state index contributed by atoms with van der Waals surface area (Å²) >= 11 is 0. The lowest BCUT2D eigenvalue weighted by atomic mass is 9.75. The van der Waals surface area contributed by atoms with Crippen molar-refractivity contribution in [3.8, 4) is 0 Å². The van der Waals surface area contributed by atoms with Gasteiger partial charge in [-0.1, -0.05) is 27.2 Å². The van der Waals surface area contributed by atoms with Crippen LogP contribution in [0.2, 0.25) is 0 Å². The van der Waals surface area contributed by atoms with Crippen molar-refractivity contribution in [1.82, 2.24) is 0 Å². The maximum atomic E-state index is 11.8. The summed E-state index contributed by atoms with van der Waals surface area (Å²) < 4.78 is 15.3. The Morgan fingerprint density at radius 2 is 2.19 bits per heavy atom. The number of hydrogen-bond donors (Lipinski definition) is 0. The van der Waals surface area contributed by atoms with Crippen LogP contribution in [0.25, 0.3) is 0 Å². The maximum Gasteiger partial charge on any atom is 0.508 e. The van der Waals surface area contributed by atoms with Crippen molar-refractivity contribution in [2.24, 2.45) is 17.8 Å². The van der Waals surface area contributed by atoms with Crippen LogP contribution in [0.4, 0.5) is 4.79 Å². The van der Waals surface area contributed by atoms with Crippen molar-refractivity contribution in [2.75, 3.05) is 13.2 Å². The monoisotopic (exact) mass is 296 g/mol. The second-order valence-electron chi connectivity index (χ2n) is 6.43. The number of esters is 1. The average Bonchev–Trinajstić information content (AvgIpc) is 2.82. The lowest BCUT2D eigenvalue weighted by Crippen LogP contribution is -2.36. The van der Waals surface area contributed by atoms with Crippen molar-refractivity contribution in [3.63, 3.8) is 0 Å². The molecule has 1 aliphatic heterocycles. The van der Waals surface area contributed by atoms with Crippen molar-refractivity contribution >= 4 is 12.1 Å². The first-order chi connectivity index (χ1) is 9.95. The number of hydrogen-bond acceptors (Lipinski definition) is 5. The van der Waals surface area contributed by atoms with E-state index >= 15 is 0 Å². The Morgan fingerprint density at radius 3 is 2.81 bits per heavy atom. The third-order valence-electron chi connectivity index (χ3n) is 4.31. The second-order valence-corrected chi connectivity index (χ2v) is 6.43. The van der Waals surface area contributed by atoms with Gasteiger partial charge in [-0.05, 0) is 30.6 Å². The number of ether oxygens (including phenoxy) is 3. The van der Waals surface area contributed by atoms with Gasteiger partial charge in [0, 0.05) is 11.6 Å². The highest BCUT2D eigenvalue weighted by atomic mass is 16.7. The highest BCUT2D eigenvalue weighted by molar-refractivity contribution is 5.85. The first-order valence-electron chi connectivity index (χ1n) is 7.65. The molecule has 0 aromatic rings. The second kappa shape index (κ2) is 6.96. The van der Waals surface area contributed by atoms with Crippen molar-refractivity contribution in [3.05, 3.63) is 11.6 Å². The zero-order valence-corrected chi connectivity index (χ0v) is 13.0. The molecular formula is C16H24O5. The van der Waals surface area contributed by atoms with Crippen molar-refractivity contribution < 1.29 is 23.8 Å². The molecule has 1 aliphatic carbocycles. The van der Waals surface area contributed by atoms with Gasteiger partial charge in [0.25, 0.3) is 0 Å². The molecule has 0 amide bonds. The summed E-state index contributed by atoms with van der Waals surface area (Å²) in [6.45, 7) is 6.76. The summed E-state index contributed by atoms with van der Waals surface area (Å²) in [6, 6.07) is 0. The molecule has 1 fully saturated rings. The van der Waals surface area contributed by atoms with Crippen LogP contribution in [0.15, 0.2) is 11.6 Å². The van der Waals surface area contributed by atoms with Gasteiger partial charge in [0.1, 0.15) is 19.3 Å². The van der Waals surface area contributed by atoms with Crippen LogP contribution < -0.4 is 0 Å². The topological polar surface area (TPSA) is 61.8 Å². The highest BCUT2D eigenvalue weighted by Gasteiger charge is 2.33. The number of rotatable bonds is 4. The molecule has 0 unspecified atom stereocenters. The van der Waals surface area contributed by atoms with E-state index in [1.165, 1.54) is 12.5 Å². The Hall–Kier alpha value is -1.52. The number of carbonyl (C=O) groups is 2. The highest BCUT2D eigenvalue weighted by Crippen LogP contribution is 2.35.